The van der Waals surface area contributed by atoms with Gasteiger partial charge in [0.1, 0.15) is 5.82 Å². The molecular formula is C9H13N3. The predicted octanol–water partition coefficient (Wildman–Crippen LogP) is 1.85. The van der Waals surface area contributed by atoms with Crippen LogP contribution in [0, 0.1) is 0 Å². The van der Waals surface area contributed by atoms with E-state index in [0.29, 0.717) is 0 Å². The van der Waals surface area contributed by atoms with E-state index >= 15 is 0 Å². The number of anilines is 1. The van der Waals surface area contributed by atoms with Gasteiger partial charge in [0.15, 0.2) is 0 Å². The highest BCUT2D eigenvalue weighted by molar-refractivity contribution is 5.33. The Morgan fingerprint density at radius 1 is 1.67 bits per heavy atom. The van der Waals surface area contributed by atoms with Crippen molar-refractivity contribution in [3.05, 3.63) is 30.5 Å². The number of nitrogens with zero attached hydrogens (tertiary/aromatic N) is 2. The molecule has 0 saturated heterocycles. The van der Waals surface area contributed by atoms with Crippen molar-refractivity contribution >= 4 is 5.82 Å². The zero-order valence-corrected chi connectivity index (χ0v) is 7.25. The molecule has 0 saturated carbocycles. The fourth-order valence-corrected chi connectivity index (χ4v) is 0.736. The van der Waals surface area contributed by atoms with Crippen LogP contribution < -0.4 is 5.32 Å². The third-order valence-corrected chi connectivity index (χ3v) is 1.59. The van der Waals surface area contributed by atoms with Crippen LogP contribution >= 0.6 is 0 Å². The maximum absolute atomic E-state index is 3.88. The molecule has 1 N–H and O–H groups in total. The first-order chi connectivity index (χ1) is 5.83. The lowest BCUT2D eigenvalue weighted by molar-refractivity contribution is 0.992. The molecule has 0 aliphatic rings. The minimum Gasteiger partial charge on any atom is -0.365 e. The van der Waals surface area contributed by atoms with Crippen molar-refractivity contribution < 1.29 is 0 Å². The Kier molecular flexibility index (Phi) is 3.26. The average Bonchev–Trinajstić information content (AvgIpc) is 2.16. The quantitative estimate of drug-likeness (QED) is 0.688. The van der Waals surface area contributed by atoms with Gasteiger partial charge in [-0.15, -0.1) is 5.10 Å². The van der Waals surface area contributed by atoms with E-state index in [-0.39, 0.29) is 0 Å². The molecular weight excluding hydrogens is 150 g/mol. The minimum atomic E-state index is 0.773. The molecule has 3 heteroatoms. The Labute approximate surface area is 72.5 Å². The van der Waals surface area contributed by atoms with E-state index < -0.39 is 0 Å². The van der Waals surface area contributed by atoms with Crippen LogP contribution in [0.25, 0.3) is 0 Å². The van der Waals surface area contributed by atoms with E-state index in [1.54, 1.807) is 6.20 Å². The number of rotatable bonds is 4. The van der Waals surface area contributed by atoms with Crippen LogP contribution in [-0.2, 0) is 0 Å². The number of nitrogens with one attached hydrogen (secondary N) is 1. The fourth-order valence-electron chi connectivity index (χ4n) is 0.736. The van der Waals surface area contributed by atoms with E-state index in [9.17, 15) is 0 Å². The zero-order valence-electron chi connectivity index (χ0n) is 7.25. The molecule has 1 aromatic rings. The summed E-state index contributed by atoms with van der Waals surface area (Å²) in [4.78, 5) is 0. The van der Waals surface area contributed by atoms with Crippen LogP contribution in [0.3, 0.4) is 0 Å². The molecule has 1 heterocycles. The van der Waals surface area contributed by atoms with Gasteiger partial charge in [0.2, 0.25) is 0 Å². The second-order valence-electron chi connectivity index (χ2n) is 2.57. The van der Waals surface area contributed by atoms with Crippen LogP contribution in [0.5, 0.6) is 0 Å². The smallest absolute Gasteiger partial charge is 0.148 e. The summed E-state index contributed by atoms with van der Waals surface area (Å²) in [6, 6.07) is 3.74. The summed E-state index contributed by atoms with van der Waals surface area (Å²) < 4.78 is 0. The van der Waals surface area contributed by atoms with Crippen LogP contribution in [0.4, 0.5) is 5.82 Å². The van der Waals surface area contributed by atoms with Gasteiger partial charge in [-0.1, -0.05) is 19.1 Å². The lowest BCUT2D eigenvalue weighted by atomic mass is 10.2. The molecule has 0 aliphatic heterocycles. The molecule has 0 aromatic carbocycles. The topological polar surface area (TPSA) is 37.8 Å². The van der Waals surface area contributed by atoms with Gasteiger partial charge in [0.25, 0.3) is 0 Å². The Morgan fingerprint density at radius 3 is 3.08 bits per heavy atom. The molecule has 0 radical (unpaired) electrons. The maximum atomic E-state index is 3.88. The maximum Gasteiger partial charge on any atom is 0.148 e. The van der Waals surface area contributed by atoms with E-state index in [2.05, 4.69) is 29.0 Å². The van der Waals surface area contributed by atoms with Gasteiger partial charge >= 0.3 is 0 Å². The molecule has 3 nitrogen and oxygen atoms in total. The first-order valence-corrected chi connectivity index (χ1v) is 4.01. The SMILES string of the molecule is C=C(CC)CNc1cccnn1. The van der Waals surface area contributed by atoms with Crippen LogP contribution in [0.2, 0.25) is 0 Å². The van der Waals surface area contributed by atoms with Crippen LogP contribution in [-0.4, -0.2) is 16.7 Å². The van der Waals surface area contributed by atoms with Crippen LogP contribution in [0.15, 0.2) is 30.5 Å². The van der Waals surface area contributed by atoms with E-state index in [1.165, 1.54) is 5.57 Å². The summed E-state index contributed by atoms with van der Waals surface area (Å²) in [6.45, 7) is 6.73. The molecule has 12 heavy (non-hydrogen) atoms. The summed E-state index contributed by atoms with van der Waals surface area (Å²) in [5.74, 6) is 0.798. The van der Waals surface area contributed by atoms with Gasteiger partial charge in [0.05, 0.1) is 0 Å². The van der Waals surface area contributed by atoms with Crippen molar-refractivity contribution in [1.82, 2.24) is 10.2 Å². The van der Waals surface area contributed by atoms with Gasteiger partial charge in [-0.2, -0.15) is 5.10 Å². The normalized spacial score (nSPS) is 9.42. The van der Waals surface area contributed by atoms with Gasteiger partial charge in [-0.25, -0.2) is 0 Å². The van der Waals surface area contributed by atoms with E-state index in [1.807, 2.05) is 12.1 Å². The lowest BCUT2D eigenvalue weighted by Gasteiger charge is -2.04. The predicted molar refractivity (Wildman–Crippen MR) is 50.0 cm³/mol. The first kappa shape index (κ1) is 8.71. The Bertz CT molecular complexity index is 243. The fraction of sp³-hybridized carbons (Fsp3) is 0.333. The highest BCUT2D eigenvalue weighted by Crippen LogP contribution is 2.01. The highest BCUT2D eigenvalue weighted by Gasteiger charge is 1.92. The molecule has 0 aliphatic carbocycles. The third-order valence-electron chi connectivity index (χ3n) is 1.59. The molecule has 0 amide bonds. The van der Waals surface area contributed by atoms with Gasteiger partial charge in [0, 0.05) is 12.7 Å². The molecule has 1 aromatic heterocycles. The largest absolute Gasteiger partial charge is 0.365 e. The molecule has 64 valence electrons. The van der Waals surface area contributed by atoms with Gasteiger partial charge in [-0.3, -0.25) is 0 Å². The zero-order chi connectivity index (χ0) is 8.81. The Hall–Kier alpha value is -1.38. The van der Waals surface area contributed by atoms with Crippen molar-refractivity contribution in [2.45, 2.75) is 13.3 Å². The Morgan fingerprint density at radius 2 is 2.50 bits per heavy atom. The number of hydrogen-bond acceptors (Lipinski definition) is 3. The molecule has 0 bridgehead atoms. The van der Waals surface area contributed by atoms with Crippen LogP contribution in [0.1, 0.15) is 13.3 Å². The summed E-state index contributed by atoms with van der Waals surface area (Å²) in [7, 11) is 0. The second-order valence-corrected chi connectivity index (χ2v) is 2.57. The molecule has 0 fully saturated rings. The van der Waals surface area contributed by atoms with Gasteiger partial charge in [-0.05, 0) is 18.6 Å². The number of aromatic nitrogens is 2. The minimum absolute atomic E-state index is 0.773. The first-order valence-electron chi connectivity index (χ1n) is 4.01. The van der Waals surface area contributed by atoms with Crippen molar-refractivity contribution in [3.63, 3.8) is 0 Å². The summed E-state index contributed by atoms with van der Waals surface area (Å²) >= 11 is 0. The summed E-state index contributed by atoms with van der Waals surface area (Å²) in [6.07, 6.45) is 2.65. The third kappa shape index (κ3) is 2.70. The number of hydrogen-bond donors (Lipinski definition) is 1. The summed E-state index contributed by atoms with van der Waals surface area (Å²) in [5, 5.41) is 10.8. The summed E-state index contributed by atoms with van der Waals surface area (Å²) in [5.41, 5.74) is 1.17. The average molecular weight is 163 g/mol. The molecule has 0 spiro atoms. The van der Waals surface area contributed by atoms with Crippen molar-refractivity contribution in [3.8, 4) is 0 Å². The van der Waals surface area contributed by atoms with Crippen molar-refractivity contribution in [2.75, 3.05) is 11.9 Å². The van der Waals surface area contributed by atoms with E-state index in [0.717, 1.165) is 18.8 Å². The van der Waals surface area contributed by atoms with Gasteiger partial charge < -0.3 is 5.32 Å². The van der Waals surface area contributed by atoms with E-state index in [4.69, 9.17) is 0 Å². The Balaban J connectivity index is 2.38. The standard InChI is InChI=1S/C9H13N3/c1-3-8(2)7-10-9-5-4-6-11-12-9/h4-6H,2-3,7H2,1H3,(H,10,12). The molecule has 0 unspecified atom stereocenters. The molecule has 0 atom stereocenters. The monoisotopic (exact) mass is 163 g/mol. The second kappa shape index (κ2) is 4.49. The van der Waals surface area contributed by atoms with Crippen molar-refractivity contribution in [2.24, 2.45) is 0 Å². The molecule has 1 rings (SSSR count). The lowest BCUT2D eigenvalue weighted by Crippen LogP contribution is -2.05. The van der Waals surface area contributed by atoms with Crippen molar-refractivity contribution in [1.29, 1.82) is 0 Å². The highest BCUT2D eigenvalue weighted by atomic mass is 15.2.